The van der Waals surface area contributed by atoms with Crippen LogP contribution in [0.1, 0.15) is 15.9 Å². The molecule has 3 rings (SSSR count). The maximum absolute atomic E-state index is 12.2. The van der Waals surface area contributed by atoms with E-state index < -0.39 is 11.9 Å². The smallest absolute Gasteiger partial charge is 0.343 e. The predicted molar refractivity (Wildman–Crippen MR) is 107 cm³/mol. The molecule has 6 nitrogen and oxygen atoms in total. The van der Waals surface area contributed by atoms with Crippen LogP contribution >= 0.6 is 0 Å². The van der Waals surface area contributed by atoms with E-state index in [1.165, 1.54) is 7.11 Å². The Morgan fingerprint density at radius 1 is 0.862 bits per heavy atom. The van der Waals surface area contributed by atoms with Gasteiger partial charge in [-0.1, -0.05) is 42.5 Å². The summed E-state index contributed by atoms with van der Waals surface area (Å²) >= 11 is 0. The number of carbonyl (C=O) groups is 2. The van der Waals surface area contributed by atoms with Gasteiger partial charge in [0.1, 0.15) is 22.8 Å². The second-order valence-corrected chi connectivity index (χ2v) is 5.90. The molecule has 29 heavy (non-hydrogen) atoms. The lowest BCUT2D eigenvalue weighted by atomic mass is 10.1. The maximum Gasteiger partial charge on any atom is 0.343 e. The number of benzene rings is 3. The van der Waals surface area contributed by atoms with E-state index in [0.717, 1.165) is 6.26 Å². The fourth-order valence-corrected chi connectivity index (χ4v) is 2.59. The van der Waals surface area contributed by atoms with Gasteiger partial charge >= 0.3 is 11.9 Å². The molecule has 0 bridgehead atoms. The quantitative estimate of drug-likeness (QED) is 0.271. The number of hydrogen-bond donors (Lipinski definition) is 1. The van der Waals surface area contributed by atoms with Gasteiger partial charge in [-0.3, -0.25) is 0 Å². The average Bonchev–Trinajstić information content (AvgIpc) is 2.73. The molecule has 0 fully saturated rings. The third-order valence-corrected chi connectivity index (χ3v) is 3.90. The van der Waals surface area contributed by atoms with Gasteiger partial charge in [-0.2, -0.15) is 0 Å². The summed E-state index contributed by atoms with van der Waals surface area (Å²) in [6, 6.07) is 21.9. The SMILES string of the molecule is CO/C=C(/C(=O)O)c1ccccc1Oc1cccc(OC(=O)c2ccccc2)c1. The number of ether oxygens (including phenoxy) is 3. The number of aliphatic carboxylic acids is 1. The van der Waals surface area contributed by atoms with E-state index in [4.69, 9.17) is 14.2 Å². The largest absolute Gasteiger partial charge is 0.503 e. The van der Waals surface area contributed by atoms with Crippen molar-refractivity contribution >= 4 is 17.5 Å². The van der Waals surface area contributed by atoms with Crippen molar-refractivity contribution in [2.75, 3.05) is 7.11 Å². The molecule has 3 aromatic carbocycles. The molecule has 0 aliphatic carbocycles. The van der Waals surface area contributed by atoms with Gasteiger partial charge in [0.2, 0.25) is 0 Å². The van der Waals surface area contributed by atoms with Crippen LogP contribution in [0.2, 0.25) is 0 Å². The van der Waals surface area contributed by atoms with E-state index >= 15 is 0 Å². The molecule has 3 aromatic rings. The highest BCUT2D eigenvalue weighted by Crippen LogP contribution is 2.32. The van der Waals surface area contributed by atoms with Gasteiger partial charge < -0.3 is 19.3 Å². The summed E-state index contributed by atoms with van der Waals surface area (Å²) in [6.07, 6.45) is 1.14. The number of carboxylic acid groups (broad SMARTS) is 1. The van der Waals surface area contributed by atoms with E-state index in [0.29, 0.717) is 28.4 Å². The normalized spacial score (nSPS) is 10.9. The third-order valence-electron chi connectivity index (χ3n) is 3.90. The molecule has 1 N–H and O–H groups in total. The molecule has 0 aromatic heterocycles. The minimum absolute atomic E-state index is 0.0465. The Hall–Kier alpha value is -4.06. The Morgan fingerprint density at radius 2 is 1.55 bits per heavy atom. The van der Waals surface area contributed by atoms with Crippen molar-refractivity contribution < 1.29 is 28.9 Å². The molecule has 0 aliphatic heterocycles. The Bertz CT molecular complexity index is 1040. The Kier molecular flexibility index (Phi) is 6.27. The Balaban J connectivity index is 1.84. The second kappa shape index (κ2) is 9.23. The van der Waals surface area contributed by atoms with Gasteiger partial charge in [0.15, 0.2) is 0 Å². The number of esters is 1. The molecule has 6 heteroatoms. The fourth-order valence-electron chi connectivity index (χ4n) is 2.59. The van der Waals surface area contributed by atoms with Gasteiger partial charge in [0, 0.05) is 11.6 Å². The van der Waals surface area contributed by atoms with Crippen LogP contribution in [-0.4, -0.2) is 24.2 Å². The number of carboxylic acids is 1. The summed E-state index contributed by atoms with van der Waals surface area (Å²) < 4.78 is 16.1. The molecule has 0 saturated heterocycles. The Labute approximate surface area is 167 Å². The summed E-state index contributed by atoms with van der Waals surface area (Å²) in [5.41, 5.74) is 0.739. The van der Waals surface area contributed by atoms with Gasteiger partial charge in [0.25, 0.3) is 0 Å². The molecular weight excluding hydrogens is 372 g/mol. The van der Waals surface area contributed by atoms with Crippen LogP contribution in [0.25, 0.3) is 5.57 Å². The van der Waals surface area contributed by atoms with E-state index in [-0.39, 0.29) is 5.57 Å². The van der Waals surface area contributed by atoms with Crippen molar-refractivity contribution in [2.24, 2.45) is 0 Å². The summed E-state index contributed by atoms with van der Waals surface area (Å²) in [4.78, 5) is 23.8. The molecule has 0 saturated carbocycles. The van der Waals surface area contributed by atoms with Crippen LogP contribution in [0.3, 0.4) is 0 Å². The number of rotatable bonds is 7. The second-order valence-electron chi connectivity index (χ2n) is 5.90. The van der Waals surface area contributed by atoms with Crippen molar-refractivity contribution in [1.29, 1.82) is 0 Å². The van der Waals surface area contributed by atoms with E-state index in [9.17, 15) is 14.7 Å². The van der Waals surface area contributed by atoms with Crippen LogP contribution in [0.5, 0.6) is 17.2 Å². The van der Waals surface area contributed by atoms with Gasteiger partial charge in [-0.05, 0) is 30.3 Å². The highest BCUT2D eigenvalue weighted by Gasteiger charge is 2.17. The van der Waals surface area contributed by atoms with Crippen LogP contribution in [0, 0.1) is 0 Å². The average molecular weight is 390 g/mol. The summed E-state index contributed by atoms with van der Waals surface area (Å²) in [5, 5.41) is 9.44. The minimum atomic E-state index is -1.14. The van der Waals surface area contributed by atoms with E-state index in [2.05, 4.69) is 0 Å². The molecule has 0 aliphatic rings. The number of carbonyl (C=O) groups excluding carboxylic acids is 1. The summed E-state index contributed by atoms with van der Waals surface area (Å²) in [6.45, 7) is 0. The topological polar surface area (TPSA) is 82.1 Å². The zero-order valence-electron chi connectivity index (χ0n) is 15.6. The molecule has 0 unspecified atom stereocenters. The van der Waals surface area contributed by atoms with Crippen LogP contribution in [-0.2, 0) is 9.53 Å². The maximum atomic E-state index is 12.2. The zero-order valence-corrected chi connectivity index (χ0v) is 15.6. The summed E-state index contributed by atoms with van der Waals surface area (Å²) in [7, 11) is 1.37. The molecule has 0 amide bonds. The lowest BCUT2D eigenvalue weighted by Gasteiger charge is -2.12. The highest BCUT2D eigenvalue weighted by molar-refractivity contribution is 6.15. The van der Waals surface area contributed by atoms with Crippen LogP contribution in [0.4, 0.5) is 0 Å². The van der Waals surface area contributed by atoms with Gasteiger partial charge in [-0.25, -0.2) is 9.59 Å². The molecular formula is C23H18O6. The van der Waals surface area contributed by atoms with Crippen molar-refractivity contribution in [1.82, 2.24) is 0 Å². The lowest BCUT2D eigenvalue weighted by molar-refractivity contribution is -0.130. The minimum Gasteiger partial charge on any atom is -0.503 e. The Morgan fingerprint density at radius 3 is 2.28 bits per heavy atom. The van der Waals surface area contributed by atoms with Crippen molar-refractivity contribution in [3.63, 3.8) is 0 Å². The van der Waals surface area contributed by atoms with E-state index in [1.807, 2.05) is 6.07 Å². The highest BCUT2D eigenvalue weighted by atomic mass is 16.5. The van der Waals surface area contributed by atoms with E-state index in [1.54, 1.807) is 72.8 Å². The standard InChI is InChI=1S/C23H18O6/c1-27-15-20(22(24)25)19-12-5-6-13-21(19)28-17-10-7-11-18(14-17)29-23(26)16-8-3-2-4-9-16/h2-15H,1H3,(H,24,25)/b20-15+. The predicted octanol–water partition coefficient (Wildman–Crippen LogP) is 4.77. The lowest BCUT2D eigenvalue weighted by Crippen LogP contribution is -2.08. The molecule has 146 valence electrons. The van der Waals surface area contributed by atoms with Crippen molar-refractivity contribution in [3.8, 4) is 17.2 Å². The summed E-state index contributed by atoms with van der Waals surface area (Å²) in [5.74, 6) is -0.616. The number of methoxy groups -OCH3 is 1. The fraction of sp³-hybridized carbons (Fsp3) is 0.0435. The first-order chi connectivity index (χ1) is 14.1. The van der Waals surface area contributed by atoms with Gasteiger partial charge in [0.05, 0.1) is 18.9 Å². The molecule has 0 atom stereocenters. The number of hydrogen-bond acceptors (Lipinski definition) is 5. The number of para-hydroxylation sites is 1. The monoisotopic (exact) mass is 390 g/mol. The van der Waals surface area contributed by atoms with Crippen LogP contribution in [0.15, 0.2) is 85.1 Å². The zero-order chi connectivity index (χ0) is 20.6. The third kappa shape index (κ3) is 5.01. The molecule has 0 radical (unpaired) electrons. The molecule has 0 spiro atoms. The van der Waals surface area contributed by atoms with Crippen LogP contribution < -0.4 is 9.47 Å². The first-order valence-corrected chi connectivity index (χ1v) is 8.69. The van der Waals surface area contributed by atoms with Crippen molar-refractivity contribution in [2.45, 2.75) is 0 Å². The van der Waals surface area contributed by atoms with Gasteiger partial charge in [-0.15, -0.1) is 0 Å². The first-order valence-electron chi connectivity index (χ1n) is 8.69. The molecule has 0 heterocycles. The first kappa shape index (κ1) is 19.7. The van der Waals surface area contributed by atoms with Crippen molar-refractivity contribution in [3.05, 3.63) is 96.3 Å².